The Labute approximate surface area is 88.6 Å². The van der Waals surface area contributed by atoms with Crippen molar-refractivity contribution in [3.63, 3.8) is 0 Å². The average Bonchev–Trinajstić information content (AvgIpc) is 2.02. The highest BCUT2D eigenvalue weighted by Crippen LogP contribution is 2.21. The Morgan fingerprint density at radius 3 is 2.64 bits per heavy atom. The maximum atomic E-state index is 5.23. The van der Waals surface area contributed by atoms with Crippen molar-refractivity contribution in [1.29, 1.82) is 0 Å². The number of nitrogens with zero attached hydrogens (tertiary/aromatic N) is 1. The molecular weight excluding hydrogens is 174 g/mol. The van der Waals surface area contributed by atoms with Gasteiger partial charge in [0.15, 0.2) is 0 Å². The number of methoxy groups -OCH3 is 1. The summed E-state index contributed by atoms with van der Waals surface area (Å²) in [5, 5.41) is 0. The van der Waals surface area contributed by atoms with E-state index < -0.39 is 0 Å². The summed E-state index contributed by atoms with van der Waals surface area (Å²) in [5.74, 6) is 0.760. The largest absolute Gasteiger partial charge is 0.384 e. The van der Waals surface area contributed by atoms with E-state index in [1.807, 2.05) is 7.11 Å². The number of rotatable bonds is 3. The third-order valence-electron chi connectivity index (χ3n) is 2.70. The lowest BCUT2D eigenvalue weighted by Crippen LogP contribution is -2.41. The van der Waals surface area contributed by atoms with Crippen molar-refractivity contribution in [1.82, 2.24) is 4.90 Å². The highest BCUT2D eigenvalue weighted by Gasteiger charge is 2.23. The predicted molar refractivity (Wildman–Crippen MR) is 60.5 cm³/mol. The summed E-state index contributed by atoms with van der Waals surface area (Å²) in [6.45, 7) is 11.6. The second kappa shape index (κ2) is 5.13. The van der Waals surface area contributed by atoms with Crippen molar-refractivity contribution in [2.24, 2.45) is 11.3 Å². The van der Waals surface area contributed by atoms with E-state index in [-0.39, 0.29) is 0 Å². The van der Waals surface area contributed by atoms with E-state index in [1.54, 1.807) is 0 Å². The number of ether oxygens (including phenoxy) is 1. The van der Waals surface area contributed by atoms with Gasteiger partial charge < -0.3 is 9.64 Å². The molecule has 1 fully saturated rings. The summed E-state index contributed by atoms with van der Waals surface area (Å²) in [6, 6.07) is 0. The lowest BCUT2D eigenvalue weighted by Gasteiger charge is -2.36. The van der Waals surface area contributed by atoms with Gasteiger partial charge in [-0.25, -0.2) is 0 Å². The van der Waals surface area contributed by atoms with Crippen LogP contribution in [0, 0.1) is 11.3 Å². The van der Waals surface area contributed by atoms with E-state index in [4.69, 9.17) is 4.74 Å². The monoisotopic (exact) mass is 199 g/mol. The summed E-state index contributed by atoms with van der Waals surface area (Å²) in [6.07, 6.45) is 2.68. The molecule has 1 saturated heterocycles. The first-order valence-corrected chi connectivity index (χ1v) is 5.72. The molecule has 0 amide bonds. The van der Waals surface area contributed by atoms with Crippen LogP contribution in [0.4, 0.5) is 0 Å². The van der Waals surface area contributed by atoms with Crippen molar-refractivity contribution >= 4 is 0 Å². The molecule has 0 aromatic heterocycles. The molecule has 2 nitrogen and oxygen atoms in total. The van der Waals surface area contributed by atoms with Crippen LogP contribution in [0.2, 0.25) is 0 Å². The summed E-state index contributed by atoms with van der Waals surface area (Å²) in [5.41, 5.74) is 0.426. The van der Waals surface area contributed by atoms with E-state index in [2.05, 4.69) is 25.7 Å². The Morgan fingerprint density at radius 2 is 2.07 bits per heavy atom. The van der Waals surface area contributed by atoms with E-state index in [0.29, 0.717) is 5.41 Å². The molecule has 0 aromatic rings. The fourth-order valence-corrected chi connectivity index (χ4v) is 2.34. The Kier molecular flexibility index (Phi) is 4.39. The first-order valence-electron chi connectivity index (χ1n) is 5.72. The first-order chi connectivity index (χ1) is 6.51. The van der Waals surface area contributed by atoms with Gasteiger partial charge in [0.05, 0.1) is 6.61 Å². The van der Waals surface area contributed by atoms with E-state index in [1.165, 1.54) is 32.5 Å². The molecular formula is C12H25NO. The van der Waals surface area contributed by atoms with E-state index >= 15 is 0 Å². The van der Waals surface area contributed by atoms with E-state index in [0.717, 1.165) is 12.5 Å². The third kappa shape index (κ3) is 4.43. The van der Waals surface area contributed by atoms with Gasteiger partial charge >= 0.3 is 0 Å². The van der Waals surface area contributed by atoms with Gasteiger partial charge in [-0.2, -0.15) is 0 Å². The molecule has 0 N–H and O–H groups in total. The second-order valence-electron chi connectivity index (χ2n) is 5.76. The Hall–Kier alpha value is -0.0800. The molecule has 0 aliphatic carbocycles. The second-order valence-corrected chi connectivity index (χ2v) is 5.76. The van der Waals surface area contributed by atoms with Crippen LogP contribution < -0.4 is 0 Å². The summed E-state index contributed by atoms with van der Waals surface area (Å²) >= 11 is 0. The molecule has 0 bridgehead atoms. The summed E-state index contributed by atoms with van der Waals surface area (Å²) in [7, 11) is 1.81. The summed E-state index contributed by atoms with van der Waals surface area (Å²) in [4.78, 5) is 2.59. The molecule has 1 aliphatic rings. The molecule has 0 spiro atoms. The standard InChI is InChI=1S/C12H25NO/c1-12(2,3)10-13-7-5-6-11(8-13)9-14-4/h11H,5-10H2,1-4H3. The Morgan fingerprint density at radius 1 is 1.36 bits per heavy atom. The van der Waals surface area contributed by atoms with Crippen LogP contribution in [0.15, 0.2) is 0 Å². The van der Waals surface area contributed by atoms with Crippen molar-refractivity contribution in [3.05, 3.63) is 0 Å². The minimum atomic E-state index is 0.426. The topological polar surface area (TPSA) is 12.5 Å². The predicted octanol–water partition coefficient (Wildman–Crippen LogP) is 2.39. The minimum absolute atomic E-state index is 0.426. The lowest BCUT2D eigenvalue weighted by molar-refractivity contribution is 0.0738. The molecule has 2 heteroatoms. The van der Waals surface area contributed by atoms with Gasteiger partial charge in [-0.1, -0.05) is 20.8 Å². The molecule has 14 heavy (non-hydrogen) atoms. The average molecular weight is 199 g/mol. The molecule has 0 aromatic carbocycles. The molecule has 1 rings (SSSR count). The zero-order chi connectivity index (χ0) is 10.6. The molecule has 1 atom stereocenters. The Balaban J connectivity index is 2.32. The van der Waals surface area contributed by atoms with Gasteiger partial charge in [0.25, 0.3) is 0 Å². The van der Waals surface area contributed by atoms with Gasteiger partial charge in [-0.05, 0) is 30.7 Å². The third-order valence-corrected chi connectivity index (χ3v) is 2.70. The highest BCUT2D eigenvalue weighted by atomic mass is 16.5. The minimum Gasteiger partial charge on any atom is -0.384 e. The maximum Gasteiger partial charge on any atom is 0.0502 e. The molecule has 1 aliphatic heterocycles. The van der Waals surface area contributed by atoms with Crippen LogP contribution in [0.1, 0.15) is 33.6 Å². The molecule has 0 radical (unpaired) electrons. The lowest BCUT2D eigenvalue weighted by atomic mass is 9.92. The number of likely N-dealkylation sites (tertiary alicyclic amines) is 1. The van der Waals surface area contributed by atoms with Crippen LogP contribution in [0.3, 0.4) is 0 Å². The molecule has 84 valence electrons. The van der Waals surface area contributed by atoms with Crippen LogP contribution in [-0.4, -0.2) is 38.3 Å². The first kappa shape index (κ1) is 12.0. The van der Waals surface area contributed by atoms with Crippen molar-refractivity contribution in [2.75, 3.05) is 33.4 Å². The van der Waals surface area contributed by atoms with Crippen LogP contribution in [0.25, 0.3) is 0 Å². The van der Waals surface area contributed by atoms with Crippen molar-refractivity contribution in [2.45, 2.75) is 33.6 Å². The van der Waals surface area contributed by atoms with E-state index in [9.17, 15) is 0 Å². The number of hydrogen-bond acceptors (Lipinski definition) is 2. The maximum absolute atomic E-state index is 5.23. The normalized spacial score (nSPS) is 25.3. The Bertz CT molecular complexity index is 160. The van der Waals surface area contributed by atoms with Crippen molar-refractivity contribution in [3.8, 4) is 0 Å². The molecule has 0 saturated carbocycles. The van der Waals surface area contributed by atoms with Crippen LogP contribution in [0.5, 0.6) is 0 Å². The zero-order valence-corrected chi connectivity index (χ0v) is 10.2. The highest BCUT2D eigenvalue weighted by molar-refractivity contribution is 4.76. The fraction of sp³-hybridized carbons (Fsp3) is 1.00. The quantitative estimate of drug-likeness (QED) is 0.692. The van der Waals surface area contributed by atoms with Crippen LogP contribution >= 0.6 is 0 Å². The number of piperidine rings is 1. The fourth-order valence-electron chi connectivity index (χ4n) is 2.34. The van der Waals surface area contributed by atoms with Gasteiger partial charge in [-0.3, -0.25) is 0 Å². The molecule has 1 heterocycles. The van der Waals surface area contributed by atoms with Gasteiger partial charge in [0.2, 0.25) is 0 Å². The van der Waals surface area contributed by atoms with Gasteiger partial charge in [0, 0.05) is 20.2 Å². The SMILES string of the molecule is COCC1CCCN(CC(C)(C)C)C1. The zero-order valence-electron chi connectivity index (χ0n) is 10.2. The summed E-state index contributed by atoms with van der Waals surface area (Å²) < 4.78 is 5.23. The van der Waals surface area contributed by atoms with Crippen LogP contribution in [-0.2, 0) is 4.74 Å². The number of hydrogen-bond donors (Lipinski definition) is 0. The van der Waals surface area contributed by atoms with Gasteiger partial charge in [0.1, 0.15) is 0 Å². The molecule has 1 unspecified atom stereocenters. The van der Waals surface area contributed by atoms with Gasteiger partial charge in [-0.15, -0.1) is 0 Å². The van der Waals surface area contributed by atoms with Crippen molar-refractivity contribution < 1.29 is 4.74 Å². The smallest absolute Gasteiger partial charge is 0.0502 e.